The van der Waals surface area contributed by atoms with Crippen LogP contribution in [0.2, 0.25) is 0 Å². The van der Waals surface area contributed by atoms with Crippen LogP contribution in [0.25, 0.3) is 97.1 Å². The maximum atomic E-state index is 6.47. The highest BCUT2D eigenvalue weighted by Gasteiger charge is 2.27. The standard InChI is InChI=1S/C34H16O2S/c1-2-7-27-20(4-1)22-16-18(10-15-28(22)37-27)19-11-14-26-34-30(19)21-5-3-6-23-31(21)32-24(35-23)12-8-17-9-13-25(36-26)33(34)29(17)32/h1-16H. The molecule has 1 aliphatic carbocycles. The first-order valence-corrected chi connectivity index (χ1v) is 13.3. The molecule has 3 heterocycles. The molecule has 0 bridgehead atoms. The molecule has 0 atom stereocenters. The Kier molecular flexibility index (Phi) is 3.12. The van der Waals surface area contributed by atoms with Crippen LogP contribution >= 0.6 is 11.3 Å². The van der Waals surface area contributed by atoms with Crippen molar-refractivity contribution in [2.45, 2.75) is 0 Å². The molecule has 0 saturated heterocycles. The summed E-state index contributed by atoms with van der Waals surface area (Å²) in [6.07, 6.45) is 0. The number of thiophene rings is 1. The molecule has 6 aromatic carbocycles. The van der Waals surface area contributed by atoms with Crippen molar-refractivity contribution in [2.75, 3.05) is 0 Å². The van der Waals surface area contributed by atoms with Crippen molar-refractivity contribution in [1.29, 1.82) is 0 Å². The molecule has 0 radical (unpaired) electrons. The Morgan fingerprint density at radius 2 is 1.19 bits per heavy atom. The molecule has 2 nitrogen and oxygen atoms in total. The number of benzene rings is 6. The molecule has 9 aromatic rings. The van der Waals surface area contributed by atoms with E-state index in [-0.39, 0.29) is 0 Å². The van der Waals surface area contributed by atoms with Gasteiger partial charge in [-0.15, -0.1) is 11.3 Å². The van der Waals surface area contributed by atoms with Crippen molar-refractivity contribution in [1.82, 2.24) is 0 Å². The van der Waals surface area contributed by atoms with Gasteiger partial charge in [0.15, 0.2) is 0 Å². The van der Waals surface area contributed by atoms with Crippen molar-refractivity contribution < 1.29 is 8.83 Å². The second-order valence-corrected chi connectivity index (χ2v) is 11.1. The minimum Gasteiger partial charge on any atom is -0.456 e. The van der Waals surface area contributed by atoms with Crippen LogP contribution in [0.3, 0.4) is 0 Å². The average molecular weight is 489 g/mol. The third-order valence-corrected chi connectivity index (χ3v) is 9.35. The summed E-state index contributed by atoms with van der Waals surface area (Å²) >= 11 is 1.86. The first-order chi connectivity index (χ1) is 18.3. The minimum atomic E-state index is 0.926. The predicted octanol–water partition coefficient (Wildman–Crippen LogP) is 10.7. The van der Waals surface area contributed by atoms with Gasteiger partial charge in [-0.3, -0.25) is 0 Å². The van der Waals surface area contributed by atoms with Gasteiger partial charge in [0.25, 0.3) is 0 Å². The van der Waals surface area contributed by atoms with Gasteiger partial charge in [-0.25, -0.2) is 0 Å². The molecule has 37 heavy (non-hydrogen) atoms. The molecule has 1 aliphatic rings. The van der Waals surface area contributed by atoms with Crippen molar-refractivity contribution >= 4 is 86.2 Å². The van der Waals surface area contributed by atoms with E-state index in [1.165, 1.54) is 74.7 Å². The lowest BCUT2D eigenvalue weighted by Gasteiger charge is -2.13. The van der Waals surface area contributed by atoms with Gasteiger partial charge in [0.2, 0.25) is 0 Å². The molecule has 0 N–H and O–H groups in total. The normalized spacial score (nSPS) is 12.9. The van der Waals surface area contributed by atoms with E-state index >= 15 is 0 Å². The van der Waals surface area contributed by atoms with Crippen molar-refractivity contribution in [2.24, 2.45) is 0 Å². The Morgan fingerprint density at radius 1 is 0.459 bits per heavy atom. The number of hydrogen-bond donors (Lipinski definition) is 0. The molecular weight excluding hydrogens is 472 g/mol. The number of fused-ring (bicyclic) bond motifs is 4. The maximum absolute atomic E-state index is 6.47. The Morgan fingerprint density at radius 3 is 2.08 bits per heavy atom. The molecule has 0 amide bonds. The van der Waals surface area contributed by atoms with Crippen LogP contribution in [0.15, 0.2) is 106 Å². The SMILES string of the molecule is c1cc2c3c(c1)oc1ccc4ccc5oc6ccc(-c7ccc8sc9ccccc9c8c7)c-2c6c5c4c13. The number of furan rings is 2. The molecule has 0 aliphatic heterocycles. The molecule has 0 saturated carbocycles. The van der Waals surface area contributed by atoms with Crippen LogP contribution in [0.5, 0.6) is 0 Å². The highest BCUT2D eigenvalue weighted by molar-refractivity contribution is 7.25. The van der Waals surface area contributed by atoms with Gasteiger partial charge in [-0.2, -0.15) is 0 Å². The molecule has 0 unspecified atom stereocenters. The molecular formula is C34H16O2S. The molecule has 3 heteroatoms. The molecule has 0 spiro atoms. The molecule has 3 aromatic heterocycles. The summed E-state index contributed by atoms with van der Waals surface area (Å²) in [5.41, 5.74) is 8.59. The lowest BCUT2D eigenvalue weighted by atomic mass is 9.89. The van der Waals surface area contributed by atoms with E-state index in [1.807, 2.05) is 11.3 Å². The topological polar surface area (TPSA) is 26.3 Å². The van der Waals surface area contributed by atoms with Gasteiger partial charge in [0.05, 0.1) is 0 Å². The van der Waals surface area contributed by atoms with Gasteiger partial charge in [0.1, 0.15) is 22.3 Å². The summed E-state index contributed by atoms with van der Waals surface area (Å²) in [5.74, 6) is 0. The third-order valence-electron chi connectivity index (χ3n) is 8.20. The predicted molar refractivity (Wildman–Crippen MR) is 156 cm³/mol. The largest absolute Gasteiger partial charge is 0.456 e. The van der Waals surface area contributed by atoms with Gasteiger partial charge >= 0.3 is 0 Å². The second-order valence-electron chi connectivity index (χ2n) is 10.0. The zero-order valence-electron chi connectivity index (χ0n) is 19.5. The van der Waals surface area contributed by atoms with Crippen LogP contribution in [-0.4, -0.2) is 0 Å². The van der Waals surface area contributed by atoms with Gasteiger partial charge < -0.3 is 8.83 Å². The van der Waals surface area contributed by atoms with E-state index in [4.69, 9.17) is 8.83 Å². The summed E-state index contributed by atoms with van der Waals surface area (Å²) in [7, 11) is 0. The van der Waals surface area contributed by atoms with Crippen LogP contribution in [0.4, 0.5) is 0 Å². The van der Waals surface area contributed by atoms with Gasteiger partial charge in [-0.05, 0) is 64.5 Å². The van der Waals surface area contributed by atoms with Crippen molar-refractivity contribution in [3.63, 3.8) is 0 Å². The monoisotopic (exact) mass is 488 g/mol. The Bertz CT molecular complexity index is 2460. The Hall–Kier alpha value is -4.60. The average Bonchev–Trinajstić information content (AvgIpc) is 3.59. The summed E-state index contributed by atoms with van der Waals surface area (Å²) in [5, 5.41) is 9.85. The zero-order valence-corrected chi connectivity index (χ0v) is 20.3. The molecule has 10 rings (SSSR count). The van der Waals surface area contributed by atoms with Crippen LogP contribution < -0.4 is 0 Å². The lowest BCUT2D eigenvalue weighted by Crippen LogP contribution is -1.87. The van der Waals surface area contributed by atoms with Crippen LogP contribution in [0, 0.1) is 0 Å². The van der Waals surface area contributed by atoms with E-state index < -0.39 is 0 Å². The number of rotatable bonds is 1. The second kappa shape index (κ2) is 6.20. The van der Waals surface area contributed by atoms with Crippen LogP contribution in [-0.2, 0) is 0 Å². The summed E-state index contributed by atoms with van der Waals surface area (Å²) in [4.78, 5) is 0. The van der Waals surface area contributed by atoms with Gasteiger partial charge in [-0.1, -0.05) is 54.6 Å². The van der Waals surface area contributed by atoms with Gasteiger partial charge in [0, 0.05) is 52.7 Å². The number of hydrogen-bond acceptors (Lipinski definition) is 3. The maximum Gasteiger partial charge on any atom is 0.136 e. The Balaban J connectivity index is 1.45. The zero-order chi connectivity index (χ0) is 23.8. The highest BCUT2D eigenvalue weighted by atomic mass is 32.1. The first-order valence-electron chi connectivity index (χ1n) is 12.5. The summed E-state index contributed by atoms with van der Waals surface area (Å²) < 4.78 is 15.5. The fourth-order valence-corrected chi connectivity index (χ4v) is 7.78. The Labute approximate surface area is 213 Å². The van der Waals surface area contributed by atoms with E-state index in [0.29, 0.717) is 0 Å². The van der Waals surface area contributed by atoms with Crippen molar-refractivity contribution in [3.8, 4) is 22.3 Å². The summed E-state index contributed by atoms with van der Waals surface area (Å²) in [6.45, 7) is 0. The van der Waals surface area contributed by atoms with Crippen molar-refractivity contribution in [3.05, 3.63) is 97.1 Å². The van der Waals surface area contributed by atoms with E-state index in [0.717, 1.165) is 22.3 Å². The third kappa shape index (κ3) is 2.15. The van der Waals surface area contributed by atoms with E-state index in [1.54, 1.807) is 0 Å². The summed E-state index contributed by atoms with van der Waals surface area (Å²) in [6, 6.07) is 35.0. The smallest absolute Gasteiger partial charge is 0.136 e. The fraction of sp³-hybridized carbons (Fsp3) is 0. The van der Waals surface area contributed by atoms with Crippen LogP contribution in [0.1, 0.15) is 0 Å². The van der Waals surface area contributed by atoms with E-state index in [2.05, 4.69) is 97.1 Å². The first kappa shape index (κ1) is 18.6. The van der Waals surface area contributed by atoms with E-state index in [9.17, 15) is 0 Å². The molecule has 170 valence electrons. The quantitative estimate of drug-likeness (QED) is 0.230. The minimum absolute atomic E-state index is 0.926. The fourth-order valence-electron chi connectivity index (χ4n) is 6.70. The highest BCUT2D eigenvalue weighted by Crippen LogP contribution is 2.52. The lowest BCUT2D eigenvalue weighted by molar-refractivity contribution is 0.669. The molecule has 0 fully saturated rings.